The number of halogens is 1. The van der Waals surface area contributed by atoms with E-state index in [1.165, 1.54) is 12.1 Å². The monoisotopic (exact) mass is 249 g/mol. The van der Waals surface area contributed by atoms with Gasteiger partial charge < -0.3 is 10.3 Å². The Morgan fingerprint density at radius 3 is 2.83 bits per heavy atom. The van der Waals surface area contributed by atoms with Crippen LogP contribution in [0, 0.1) is 11.7 Å². The molecule has 3 nitrogen and oxygen atoms in total. The maximum absolute atomic E-state index is 13.2. The zero-order valence-electron chi connectivity index (χ0n) is 11.0. The zero-order chi connectivity index (χ0) is 13.1. The predicted octanol–water partition coefficient (Wildman–Crippen LogP) is 2.72. The van der Waals surface area contributed by atoms with Gasteiger partial charge in [-0.15, -0.1) is 0 Å². The fourth-order valence-electron chi connectivity index (χ4n) is 2.11. The average Bonchev–Trinajstić information content (AvgIpc) is 2.63. The van der Waals surface area contributed by atoms with Crippen LogP contribution in [-0.2, 0) is 13.0 Å². The molecule has 0 aliphatic heterocycles. The van der Waals surface area contributed by atoms with Crippen molar-refractivity contribution in [3.63, 3.8) is 0 Å². The second kappa shape index (κ2) is 5.48. The van der Waals surface area contributed by atoms with E-state index in [0.717, 1.165) is 36.2 Å². The number of benzene rings is 1. The van der Waals surface area contributed by atoms with Gasteiger partial charge in [0.2, 0.25) is 0 Å². The van der Waals surface area contributed by atoms with Crippen LogP contribution in [0.2, 0.25) is 0 Å². The summed E-state index contributed by atoms with van der Waals surface area (Å²) in [5.74, 6) is 1.35. The van der Waals surface area contributed by atoms with Gasteiger partial charge in [-0.1, -0.05) is 13.8 Å². The molecule has 4 heteroatoms. The Labute approximate surface area is 107 Å². The topological polar surface area (TPSA) is 43.8 Å². The van der Waals surface area contributed by atoms with Crippen LogP contribution in [0.5, 0.6) is 0 Å². The second-order valence-electron chi connectivity index (χ2n) is 5.03. The number of hydrogen-bond donors (Lipinski definition) is 1. The Bertz CT molecular complexity index is 531. The normalized spacial score (nSPS) is 11.6. The quantitative estimate of drug-likeness (QED) is 0.885. The molecule has 1 heterocycles. The van der Waals surface area contributed by atoms with E-state index in [2.05, 4.69) is 23.4 Å². The van der Waals surface area contributed by atoms with Crippen molar-refractivity contribution in [2.75, 3.05) is 6.54 Å². The molecule has 1 aromatic carbocycles. The van der Waals surface area contributed by atoms with E-state index in [4.69, 9.17) is 5.73 Å². The van der Waals surface area contributed by atoms with Crippen molar-refractivity contribution in [3.8, 4) is 0 Å². The minimum atomic E-state index is -0.240. The van der Waals surface area contributed by atoms with Crippen molar-refractivity contribution in [2.24, 2.45) is 11.7 Å². The summed E-state index contributed by atoms with van der Waals surface area (Å²) in [6.45, 7) is 5.87. The molecule has 0 spiro atoms. The highest BCUT2D eigenvalue weighted by Gasteiger charge is 2.11. The summed E-state index contributed by atoms with van der Waals surface area (Å²) in [7, 11) is 0. The fourth-order valence-corrected chi connectivity index (χ4v) is 2.11. The predicted molar refractivity (Wildman–Crippen MR) is 71.9 cm³/mol. The first-order valence-electron chi connectivity index (χ1n) is 6.46. The van der Waals surface area contributed by atoms with Crippen LogP contribution in [0.25, 0.3) is 11.0 Å². The van der Waals surface area contributed by atoms with Crippen LogP contribution in [0.3, 0.4) is 0 Å². The maximum Gasteiger partial charge on any atom is 0.125 e. The highest BCUT2D eigenvalue weighted by Crippen LogP contribution is 2.19. The number of nitrogens with zero attached hydrogens (tertiary/aromatic N) is 2. The number of aryl methyl sites for hydroxylation is 1. The van der Waals surface area contributed by atoms with Crippen LogP contribution < -0.4 is 5.73 Å². The van der Waals surface area contributed by atoms with E-state index < -0.39 is 0 Å². The Balaban J connectivity index is 2.41. The number of fused-ring (bicyclic) bond motifs is 1. The molecule has 0 unspecified atom stereocenters. The van der Waals surface area contributed by atoms with Crippen LogP contribution >= 0.6 is 0 Å². The van der Waals surface area contributed by atoms with Crippen molar-refractivity contribution in [3.05, 3.63) is 29.8 Å². The number of nitrogens with two attached hydrogens (primary N) is 1. The molecular weight excluding hydrogens is 229 g/mol. The lowest BCUT2D eigenvalue weighted by Crippen LogP contribution is -2.11. The van der Waals surface area contributed by atoms with Gasteiger partial charge in [-0.2, -0.15) is 0 Å². The van der Waals surface area contributed by atoms with Gasteiger partial charge in [-0.3, -0.25) is 0 Å². The first-order valence-corrected chi connectivity index (χ1v) is 6.46. The molecular formula is C14H20FN3. The standard InChI is InChI=1S/C14H20FN3/c1-10(2)6-8-18-13-4-3-11(15)9-12(13)17-14(18)5-7-16/h3-4,9-10H,5-8,16H2,1-2H3. The van der Waals surface area contributed by atoms with E-state index in [9.17, 15) is 4.39 Å². The highest BCUT2D eigenvalue weighted by molar-refractivity contribution is 5.76. The molecule has 2 N–H and O–H groups in total. The molecule has 0 amide bonds. The largest absolute Gasteiger partial charge is 0.330 e. The minimum absolute atomic E-state index is 0.240. The van der Waals surface area contributed by atoms with Crippen molar-refractivity contribution >= 4 is 11.0 Å². The molecule has 2 rings (SSSR count). The van der Waals surface area contributed by atoms with Gasteiger partial charge >= 0.3 is 0 Å². The van der Waals surface area contributed by atoms with E-state index in [1.807, 2.05) is 0 Å². The second-order valence-corrected chi connectivity index (χ2v) is 5.03. The number of hydrogen-bond acceptors (Lipinski definition) is 2. The van der Waals surface area contributed by atoms with Crippen LogP contribution in [0.1, 0.15) is 26.1 Å². The third-order valence-corrected chi connectivity index (χ3v) is 3.09. The summed E-state index contributed by atoms with van der Waals surface area (Å²) in [5, 5.41) is 0. The number of rotatable bonds is 5. The van der Waals surface area contributed by atoms with Crippen LogP contribution in [0.4, 0.5) is 4.39 Å². The summed E-state index contributed by atoms with van der Waals surface area (Å²) in [4.78, 5) is 4.48. The molecule has 0 bridgehead atoms. The molecule has 0 atom stereocenters. The number of aromatic nitrogens is 2. The SMILES string of the molecule is CC(C)CCn1c(CCN)nc2cc(F)ccc21. The fraction of sp³-hybridized carbons (Fsp3) is 0.500. The van der Waals surface area contributed by atoms with Gasteiger partial charge in [0.15, 0.2) is 0 Å². The Kier molecular flexibility index (Phi) is 3.97. The van der Waals surface area contributed by atoms with Crippen molar-refractivity contribution in [2.45, 2.75) is 33.2 Å². The van der Waals surface area contributed by atoms with Crippen LogP contribution in [0.15, 0.2) is 18.2 Å². The van der Waals surface area contributed by atoms with Gasteiger partial charge in [-0.25, -0.2) is 9.37 Å². The van der Waals surface area contributed by atoms with E-state index in [-0.39, 0.29) is 5.82 Å². The Morgan fingerprint density at radius 1 is 1.39 bits per heavy atom. The van der Waals surface area contributed by atoms with E-state index >= 15 is 0 Å². The van der Waals surface area contributed by atoms with E-state index in [1.54, 1.807) is 6.07 Å². The molecule has 2 aromatic rings. The lowest BCUT2D eigenvalue weighted by Gasteiger charge is -2.10. The minimum Gasteiger partial charge on any atom is -0.330 e. The summed E-state index contributed by atoms with van der Waals surface area (Å²) >= 11 is 0. The van der Waals surface area contributed by atoms with Crippen LogP contribution in [-0.4, -0.2) is 16.1 Å². The lowest BCUT2D eigenvalue weighted by atomic mass is 10.1. The first kappa shape index (κ1) is 13.0. The third-order valence-electron chi connectivity index (χ3n) is 3.09. The van der Waals surface area contributed by atoms with E-state index in [0.29, 0.717) is 12.5 Å². The van der Waals surface area contributed by atoms with Crippen molar-refractivity contribution < 1.29 is 4.39 Å². The maximum atomic E-state index is 13.2. The molecule has 0 aliphatic rings. The van der Waals surface area contributed by atoms with Crippen molar-refractivity contribution in [1.82, 2.24) is 9.55 Å². The molecule has 0 fully saturated rings. The molecule has 0 radical (unpaired) electrons. The van der Waals surface area contributed by atoms with Crippen molar-refractivity contribution in [1.29, 1.82) is 0 Å². The summed E-state index contributed by atoms with van der Waals surface area (Å²) in [6, 6.07) is 4.78. The molecule has 0 aliphatic carbocycles. The Morgan fingerprint density at radius 2 is 2.17 bits per heavy atom. The van der Waals surface area contributed by atoms with Gasteiger partial charge in [0, 0.05) is 19.0 Å². The van der Waals surface area contributed by atoms with Gasteiger partial charge in [0.05, 0.1) is 11.0 Å². The summed E-state index contributed by atoms with van der Waals surface area (Å²) < 4.78 is 15.4. The zero-order valence-corrected chi connectivity index (χ0v) is 11.0. The summed E-state index contributed by atoms with van der Waals surface area (Å²) in [6.07, 6.45) is 1.81. The molecule has 18 heavy (non-hydrogen) atoms. The molecule has 98 valence electrons. The molecule has 1 aromatic heterocycles. The lowest BCUT2D eigenvalue weighted by molar-refractivity contribution is 0.512. The molecule has 0 saturated carbocycles. The Hall–Kier alpha value is -1.42. The highest BCUT2D eigenvalue weighted by atomic mass is 19.1. The molecule has 0 saturated heterocycles. The van der Waals surface area contributed by atoms with Gasteiger partial charge in [0.25, 0.3) is 0 Å². The number of imidazole rings is 1. The third kappa shape index (κ3) is 2.70. The van der Waals surface area contributed by atoms with Gasteiger partial charge in [0.1, 0.15) is 11.6 Å². The smallest absolute Gasteiger partial charge is 0.125 e. The summed E-state index contributed by atoms with van der Waals surface area (Å²) in [5.41, 5.74) is 7.33. The van der Waals surface area contributed by atoms with Gasteiger partial charge in [-0.05, 0) is 31.0 Å². The first-order chi connectivity index (χ1) is 8.61. The average molecular weight is 249 g/mol.